The van der Waals surface area contributed by atoms with Crippen LogP contribution < -0.4 is 5.56 Å². The third-order valence-corrected chi connectivity index (χ3v) is 4.16. The van der Waals surface area contributed by atoms with E-state index in [9.17, 15) is 18.0 Å². The van der Waals surface area contributed by atoms with E-state index in [0.29, 0.717) is 5.82 Å². The molecule has 1 aromatic carbocycles. The van der Waals surface area contributed by atoms with Gasteiger partial charge in [-0.05, 0) is 19.1 Å². The highest BCUT2D eigenvalue weighted by molar-refractivity contribution is 6.38. The van der Waals surface area contributed by atoms with E-state index in [1.54, 1.807) is 14.0 Å². The van der Waals surface area contributed by atoms with Gasteiger partial charge in [0.15, 0.2) is 5.65 Å². The Balaban J connectivity index is 2.31. The van der Waals surface area contributed by atoms with Crippen molar-refractivity contribution in [2.75, 3.05) is 0 Å². The second-order valence-electron chi connectivity index (χ2n) is 5.10. The Kier molecular flexibility index (Phi) is 3.84. The molecule has 0 N–H and O–H groups in total. The summed E-state index contributed by atoms with van der Waals surface area (Å²) >= 11 is 12.0. The van der Waals surface area contributed by atoms with Crippen LogP contribution >= 0.6 is 23.2 Å². The van der Waals surface area contributed by atoms with Crippen LogP contribution in [0.3, 0.4) is 0 Å². The van der Waals surface area contributed by atoms with Crippen LogP contribution in [-0.2, 0) is 13.2 Å². The first-order chi connectivity index (χ1) is 11.1. The summed E-state index contributed by atoms with van der Waals surface area (Å²) in [6.45, 7) is 1.62. The largest absolute Gasteiger partial charge is 0.416 e. The lowest BCUT2D eigenvalue weighted by Gasteiger charge is -2.13. The van der Waals surface area contributed by atoms with Crippen molar-refractivity contribution in [3.8, 4) is 5.69 Å². The standard InChI is InChI=1S/C14H9Cl2F3N4O/c1-6-21-12-8(13(24)22(6)2)5-20-23(12)11-9(15)3-7(4-10(11)16)14(17,18)19/h3-5H,1-2H3. The van der Waals surface area contributed by atoms with Gasteiger partial charge in [0.25, 0.3) is 5.56 Å². The number of benzene rings is 1. The van der Waals surface area contributed by atoms with Crippen molar-refractivity contribution in [2.24, 2.45) is 7.05 Å². The molecule has 10 heteroatoms. The van der Waals surface area contributed by atoms with Crippen LogP contribution in [0.25, 0.3) is 16.7 Å². The molecule has 0 fully saturated rings. The minimum atomic E-state index is -4.58. The van der Waals surface area contributed by atoms with Gasteiger partial charge in [0.2, 0.25) is 0 Å². The van der Waals surface area contributed by atoms with Crippen LogP contribution in [0.5, 0.6) is 0 Å². The molecule has 3 rings (SSSR count). The summed E-state index contributed by atoms with van der Waals surface area (Å²) in [6, 6.07) is 1.51. The van der Waals surface area contributed by atoms with Gasteiger partial charge < -0.3 is 0 Å². The summed E-state index contributed by atoms with van der Waals surface area (Å²) in [5.74, 6) is 0.411. The van der Waals surface area contributed by atoms with E-state index in [1.165, 1.54) is 10.8 Å². The zero-order chi connectivity index (χ0) is 17.8. The molecule has 0 unspecified atom stereocenters. The van der Waals surface area contributed by atoms with Gasteiger partial charge in [-0.15, -0.1) is 0 Å². The predicted molar refractivity (Wildman–Crippen MR) is 83.9 cm³/mol. The van der Waals surface area contributed by atoms with Crippen molar-refractivity contribution in [3.05, 3.63) is 50.1 Å². The normalized spacial score (nSPS) is 12.1. The summed E-state index contributed by atoms with van der Waals surface area (Å²) in [4.78, 5) is 16.5. The molecule has 0 aliphatic rings. The van der Waals surface area contributed by atoms with Gasteiger partial charge >= 0.3 is 6.18 Å². The van der Waals surface area contributed by atoms with Crippen LogP contribution in [-0.4, -0.2) is 19.3 Å². The van der Waals surface area contributed by atoms with Gasteiger partial charge in [-0.2, -0.15) is 18.3 Å². The maximum absolute atomic E-state index is 12.8. The Hall–Kier alpha value is -2.06. The molecule has 0 atom stereocenters. The SMILES string of the molecule is Cc1nc2c(cnn2-c2c(Cl)cc(C(F)(F)F)cc2Cl)c(=O)n1C. The number of fused-ring (bicyclic) bond motifs is 1. The van der Waals surface area contributed by atoms with Crippen LogP contribution in [0.15, 0.2) is 23.1 Å². The molecular formula is C14H9Cl2F3N4O. The number of rotatable bonds is 1. The highest BCUT2D eigenvalue weighted by atomic mass is 35.5. The number of hydrogen-bond donors (Lipinski definition) is 0. The van der Waals surface area contributed by atoms with E-state index >= 15 is 0 Å². The lowest BCUT2D eigenvalue weighted by atomic mass is 10.2. The van der Waals surface area contributed by atoms with Crippen molar-refractivity contribution in [1.82, 2.24) is 19.3 Å². The number of aryl methyl sites for hydroxylation is 1. The van der Waals surface area contributed by atoms with Crippen LogP contribution in [0.2, 0.25) is 10.0 Å². The Labute approximate surface area is 143 Å². The third kappa shape index (κ3) is 2.55. The van der Waals surface area contributed by atoms with E-state index in [-0.39, 0.29) is 32.3 Å². The second kappa shape index (κ2) is 5.49. The first kappa shape index (κ1) is 16.8. The summed E-state index contributed by atoms with van der Waals surface area (Å²) in [6.07, 6.45) is -3.31. The molecule has 0 bridgehead atoms. The molecule has 0 amide bonds. The van der Waals surface area contributed by atoms with Crippen LogP contribution in [0.4, 0.5) is 13.2 Å². The number of aromatic nitrogens is 4. The summed E-state index contributed by atoms with van der Waals surface area (Å²) < 4.78 is 41.0. The van der Waals surface area contributed by atoms with E-state index in [4.69, 9.17) is 23.2 Å². The molecule has 3 aromatic rings. The molecule has 2 heterocycles. The van der Waals surface area contributed by atoms with Crippen LogP contribution in [0.1, 0.15) is 11.4 Å². The lowest BCUT2D eigenvalue weighted by Crippen LogP contribution is -2.20. The topological polar surface area (TPSA) is 52.7 Å². The summed E-state index contributed by atoms with van der Waals surface area (Å²) in [7, 11) is 1.56. The third-order valence-electron chi connectivity index (χ3n) is 3.59. The zero-order valence-corrected chi connectivity index (χ0v) is 13.8. The number of alkyl halides is 3. The molecule has 0 spiro atoms. The van der Waals surface area contributed by atoms with E-state index in [0.717, 1.165) is 16.8 Å². The quantitative estimate of drug-likeness (QED) is 0.649. The van der Waals surface area contributed by atoms with Crippen molar-refractivity contribution in [3.63, 3.8) is 0 Å². The average molecular weight is 377 g/mol. The molecule has 0 saturated carbocycles. The number of halogens is 5. The Bertz CT molecular complexity index is 1000. The molecule has 0 aliphatic carbocycles. The van der Waals surface area contributed by atoms with Crippen molar-refractivity contribution in [1.29, 1.82) is 0 Å². The van der Waals surface area contributed by atoms with Gasteiger partial charge in [0.1, 0.15) is 16.9 Å². The predicted octanol–water partition coefficient (Wildman–Crippen LogP) is 3.75. The molecule has 0 aliphatic heterocycles. The summed E-state index contributed by atoms with van der Waals surface area (Å²) in [5.41, 5.74) is -1.11. The Morgan fingerprint density at radius 1 is 1.17 bits per heavy atom. The van der Waals surface area contributed by atoms with Gasteiger partial charge in [-0.25, -0.2) is 9.67 Å². The zero-order valence-electron chi connectivity index (χ0n) is 12.3. The molecule has 24 heavy (non-hydrogen) atoms. The molecule has 0 saturated heterocycles. The minimum absolute atomic E-state index is 0.0292. The smallest absolute Gasteiger partial charge is 0.299 e. The van der Waals surface area contributed by atoms with Gasteiger partial charge in [0, 0.05) is 7.05 Å². The Morgan fingerprint density at radius 2 is 1.75 bits per heavy atom. The average Bonchev–Trinajstić information content (AvgIpc) is 2.87. The molecule has 0 radical (unpaired) electrons. The number of nitrogens with zero attached hydrogens (tertiary/aromatic N) is 4. The maximum Gasteiger partial charge on any atom is 0.416 e. The maximum atomic E-state index is 12.8. The van der Waals surface area contributed by atoms with Gasteiger partial charge in [0.05, 0.1) is 21.8 Å². The summed E-state index contributed by atoms with van der Waals surface area (Å²) in [5, 5.41) is 3.72. The first-order valence-corrected chi connectivity index (χ1v) is 7.35. The van der Waals surface area contributed by atoms with E-state index < -0.39 is 11.7 Å². The first-order valence-electron chi connectivity index (χ1n) is 6.59. The van der Waals surface area contributed by atoms with Crippen molar-refractivity contribution in [2.45, 2.75) is 13.1 Å². The number of hydrogen-bond acceptors (Lipinski definition) is 3. The molecule has 5 nitrogen and oxygen atoms in total. The minimum Gasteiger partial charge on any atom is -0.299 e. The van der Waals surface area contributed by atoms with Gasteiger partial charge in [-0.1, -0.05) is 23.2 Å². The molecule has 126 valence electrons. The second-order valence-corrected chi connectivity index (χ2v) is 5.92. The highest BCUT2D eigenvalue weighted by Gasteiger charge is 2.32. The Morgan fingerprint density at radius 3 is 2.29 bits per heavy atom. The van der Waals surface area contributed by atoms with Crippen LogP contribution in [0, 0.1) is 6.92 Å². The van der Waals surface area contributed by atoms with Gasteiger partial charge in [-0.3, -0.25) is 9.36 Å². The molecular weight excluding hydrogens is 368 g/mol. The fraction of sp³-hybridized carbons (Fsp3) is 0.214. The fourth-order valence-corrected chi connectivity index (χ4v) is 2.90. The van der Waals surface area contributed by atoms with Crippen molar-refractivity contribution < 1.29 is 13.2 Å². The lowest BCUT2D eigenvalue weighted by molar-refractivity contribution is -0.137. The highest BCUT2D eigenvalue weighted by Crippen LogP contribution is 2.37. The van der Waals surface area contributed by atoms with E-state index in [1.807, 2.05) is 0 Å². The fourth-order valence-electron chi connectivity index (χ4n) is 2.25. The monoisotopic (exact) mass is 376 g/mol. The molecule has 2 aromatic heterocycles. The van der Waals surface area contributed by atoms with E-state index in [2.05, 4.69) is 10.1 Å². The van der Waals surface area contributed by atoms with Crippen molar-refractivity contribution >= 4 is 34.2 Å².